The van der Waals surface area contributed by atoms with E-state index >= 15 is 0 Å². The Morgan fingerprint density at radius 1 is 1.26 bits per heavy atom. The van der Waals surface area contributed by atoms with Crippen molar-refractivity contribution in [1.82, 2.24) is 10.2 Å². The predicted octanol–water partition coefficient (Wildman–Crippen LogP) is 2.60. The van der Waals surface area contributed by atoms with Crippen molar-refractivity contribution >= 4 is 12.0 Å². The van der Waals surface area contributed by atoms with Gasteiger partial charge >= 0.3 is 12.0 Å². The number of carbonyl (C=O) groups excluding carboxylic acids is 1. The molecule has 1 saturated carbocycles. The van der Waals surface area contributed by atoms with Crippen molar-refractivity contribution < 1.29 is 14.7 Å². The fourth-order valence-corrected chi connectivity index (χ4v) is 2.70. The van der Waals surface area contributed by atoms with Crippen molar-refractivity contribution in [1.29, 1.82) is 0 Å². The lowest BCUT2D eigenvalue weighted by Gasteiger charge is -2.37. The van der Waals surface area contributed by atoms with E-state index in [-0.39, 0.29) is 12.1 Å². The van der Waals surface area contributed by atoms with Crippen LogP contribution in [0.4, 0.5) is 4.79 Å². The van der Waals surface area contributed by atoms with Crippen molar-refractivity contribution in [2.75, 3.05) is 6.54 Å². The number of hydrogen-bond donors (Lipinski definition) is 2. The predicted molar refractivity (Wildman–Crippen MR) is 74.1 cm³/mol. The van der Waals surface area contributed by atoms with Crippen LogP contribution in [0, 0.1) is 0 Å². The van der Waals surface area contributed by atoms with Crippen LogP contribution >= 0.6 is 0 Å². The number of amides is 2. The van der Waals surface area contributed by atoms with Crippen LogP contribution in [-0.2, 0) is 4.79 Å². The number of nitrogens with zero attached hydrogens (tertiary/aromatic N) is 1. The van der Waals surface area contributed by atoms with E-state index < -0.39 is 11.5 Å². The number of hydrogen-bond acceptors (Lipinski definition) is 2. The van der Waals surface area contributed by atoms with Gasteiger partial charge in [0.05, 0.1) is 0 Å². The van der Waals surface area contributed by atoms with Gasteiger partial charge in [-0.05, 0) is 33.1 Å². The average Bonchev–Trinajstić information content (AvgIpc) is 2.40. The monoisotopic (exact) mass is 270 g/mol. The van der Waals surface area contributed by atoms with Gasteiger partial charge in [-0.2, -0.15) is 0 Å². The minimum atomic E-state index is -1.06. The molecule has 110 valence electrons. The van der Waals surface area contributed by atoms with Crippen molar-refractivity contribution in [2.45, 2.75) is 70.9 Å². The minimum Gasteiger partial charge on any atom is -0.480 e. The standard InChI is InChI=1S/C14H26N2O3/c1-4-11(3)16(5-2)13(19)15-14(12(17)18)9-7-6-8-10-14/h11H,4-10H2,1-3H3,(H,15,19)(H,17,18). The molecule has 19 heavy (non-hydrogen) atoms. The molecule has 1 atom stereocenters. The Morgan fingerprint density at radius 3 is 2.26 bits per heavy atom. The zero-order valence-electron chi connectivity index (χ0n) is 12.2. The highest BCUT2D eigenvalue weighted by molar-refractivity contribution is 5.86. The highest BCUT2D eigenvalue weighted by atomic mass is 16.4. The third kappa shape index (κ3) is 3.61. The summed E-state index contributed by atoms with van der Waals surface area (Å²) < 4.78 is 0. The van der Waals surface area contributed by atoms with Gasteiger partial charge in [0.2, 0.25) is 0 Å². The van der Waals surface area contributed by atoms with Crippen LogP contribution in [-0.4, -0.2) is 40.1 Å². The van der Waals surface area contributed by atoms with Crippen LogP contribution in [0.2, 0.25) is 0 Å². The number of carbonyl (C=O) groups is 2. The van der Waals surface area contributed by atoms with E-state index in [1.165, 1.54) is 0 Å². The zero-order chi connectivity index (χ0) is 14.5. The van der Waals surface area contributed by atoms with E-state index in [0.717, 1.165) is 25.7 Å². The molecule has 1 aliphatic carbocycles. The van der Waals surface area contributed by atoms with Crippen LogP contribution in [0.3, 0.4) is 0 Å². The number of aliphatic carboxylic acids is 1. The smallest absolute Gasteiger partial charge is 0.329 e. The van der Waals surface area contributed by atoms with E-state index in [1.54, 1.807) is 4.90 Å². The zero-order valence-corrected chi connectivity index (χ0v) is 12.2. The van der Waals surface area contributed by atoms with Crippen molar-refractivity contribution in [3.63, 3.8) is 0 Å². The number of rotatable bonds is 5. The third-order valence-electron chi connectivity index (χ3n) is 4.19. The Hall–Kier alpha value is -1.26. The van der Waals surface area contributed by atoms with Gasteiger partial charge in [-0.3, -0.25) is 0 Å². The van der Waals surface area contributed by atoms with E-state index in [2.05, 4.69) is 5.32 Å². The topological polar surface area (TPSA) is 69.6 Å². The molecule has 0 spiro atoms. The molecule has 1 aliphatic rings. The van der Waals surface area contributed by atoms with Gasteiger partial charge < -0.3 is 15.3 Å². The summed E-state index contributed by atoms with van der Waals surface area (Å²) in [6.07, 6.45) is 4.71. The van der Waals surface area contributed by atoms with E-state index in [1.807, 2.05) is 20.8 Å². The Labute approximate surface area is 115 Å². The first kappa shape index (κ1) is 15.8. The van der Waals surface area contributed by atoms with Gasteiger partial charge in [0, 0.05) is 12.6 Å². The molecule has 0 radical (unpaired) electrons. The Bertz CT molecular complexity index is 325. The van der Waals surface area contributed by atoms with E-state index in [0.29, 0.717) is 19.4 Å². The maximum absolute atomic E-state index is 12.3. The maximum Gasteiger partial charge on any atom is 0.329 e. The van der Waals surface area contributed by atoms with Crippen molar-refractivity contribution in [2.24, 2.45) is 0 Å². The van der Waals surface area contributed by atoms with E-state index in [4.69, 9.17) is 0 Å². The molecule has 0 heterocycles. The Kier molecular flexibility index (Phi) is 5.63. The molecule has 0 saturated heterocycles. The van der Waals surface area contributed by atoms with Crippen LogP contribution in [0.1, 0.15) is 59.3 Å². The van der Waals surface area contributed by atoms with Gasteiger partial charge in [-0.1, -0.05) is 26.2 Å². The highest BCUT2D eigenvalue weighted by Gasteiger charge is 2.41. The molecule has 0 aromatic rings. The molecule has 0 aliphatic heterocycles. The molecule has 1 unspecified atom stereocenters. The SMILES string of the molecule is CCC(C)N(CC)C(=O)NC1(C(=O)O)CCCCC1. The van der Waals surface area contributed by atoms with Crippen molar-refractivity contribution in [3.05, 3.63) is 0 Å². The van der Waals surface area contributed by atoms with Crippen molar-refractivity contribution in [3.8, 4) is 0 Å². The molecule has 0 aromatic carbocycles. The van der Waals surface area contributed by atoms with Gasteiger partial charge in [0.1, 0.15) is 5.54 Å². The third-order valence-corrected chi connectivity index (χ3v) is 4.19. The second-order valence-corrected chi connectivity index (χ2v) is 5.42. The summed E-state index contributed by atoms with van der Waals surface area (Å²) in [4.78, 5) is 25.5. The maximum atomic E-state index is 12.3. The minimum absolute atomic E-state index is 0.124. The first-order valence-corrected chi connectivity index (χ1v) is 7.29. The summed E-state index contributed by atoms with van der Waals surface area (Å²) in [5.41, 5.74) is -1.06. The fourth-order valence-electron chi connectivity index (χ4n) is 2.70. The van der Waals surface area contributed by atoms with Crippen LogP contribution < -0.4 is 5.32 Å². The number of carboxylic acids is 1. The number of carboxylic acid groups (broad SMARTS) is 1. The summed E-state index contributed by atoms with van der Waals surface area (Å²) in [6.45, 7) is 6.52. The summed E-state index contributed by atoms with van der Waals surface area (Å²) >= 11 is 0. The van der Waals surface area contributed by atoms with E-state index in [9.17, 15) is 14.7 Å². The lowest BCUT2D eigenvalue weighted by Crippen LogP contribution is -2.59. The van der Waals surface area contributed by atoms with Crippen LogP contribution in [0.15, 0.2) is 0 Å². The summed E-state index contributed by atoms with van der Waals surface area (Å²) in [7, 11) is 0. The highest BCUT2D eigenvalue weighted by Crippen LogP contribution is 2.28. The first-order valence-electron chi connectivity index (χ1n) is 7.29. The Morgan fingerprint density at radius 2 is 1.84 bits per heavy atom. The summed E-state index contributed by atoms with van der Waals surface area (Å²) in [5.74, 6) is -0.902. The molecule has 5 nitrogen and oxygen atoms in total. The van der Waals surface area contributed by atoms with Gasteiger partial charge in [-0.15, -0.1) is 0 Å². The molecular formula is C14H26N2O3. The molecule has 0 aromatic heterocycles. The molecule has 1 fully saturated rings. The molecule has 0 bridgehead atoms. The molecular weight excluding hydrogens is 244 g/mol. The van der Waals surface area contributed by atoms with Crippen LogP contribution in [0.5, 0.6) is 0 Å². The quantitative estimate of drug-likeness (QED) is 0.806. The second kappa shape index (κ2) is 6.78. The largest absolute Gasteiger partial charge is 0.480 e. The first-order chi connectivity index (χ1) is 8.96. The lowest BCUT2D eigenvalue weighted by molar-refractivity contribution is -0.146. The summed E-state index contributed by atoms with van der Waals surface area (Å²) in [6, 6.07) is -0.124. The lowest BCUT2D eigenvalue weighted by atomic mass is 9.82. The molecule has 2 amide bonds. The fraction of sp³-hybridized carbons (Fsp3) is 0.857. The molecule has 5 heteroatoms. The molecule has 1 rings (SSSR count). The number of nitrogens with one attached hydrogen (secondary N) is 1. The van der Waals surface area contributed by atoms with Gasteiger partial charge in [0.15, 0.2) is 0 Å². The van der Waals surface area contributed by atoms with Gasteiger partial charge in [0.25, 0.3) is 0 Å². The second-order valence-electron chi connectivity index (χ2n) is 5.42. The number of urea groups is 1. The average molecular weight is 270 g/mol. The summed E-state index contributed by atoms with van der Waals surface area (Å²) in [5, 5.41) is 12.2. The normalized spacial score (nSPS) is 19.5. The van der Waals surface area contributed by atoms with Gasteiger partial charge in [-0.25, -0.2) is 9.59 Å². The van der Waals surface area contributed by atoms with Crippen LogP contribution in [0.25, 0.3) is 0 Å². The molecule has 2 N–H and O–H groups in total. The Balaban J connectivity index is 2.78.